The number of esters is 1. The molecule has 8 heteroatoms. The molecule has 0 atom stereocenters. The highest BCUT2D eigenvalue weighted by molar-refractivity contribution is 6.31. The predicted molar refractivity (Wildman–Crippen MR) is 95.1 cm³/mol. The van der Waals surface area contributed by atoms with Gasteiger partial charge in [0.2, 0.25) is 0 Å². The lowest BCUT2D eigenvalue weighted by atomic mass is 10.1. The van der Waals surface area contributed by atoms with Gasteiger partial charge in [0.1, 0.15) is 5.75 Å². The summed E-state index contributed by atoms with van der Waals surface area (Å²) in [6.07, 6.45) is 0. The standard InChI is InChI=1S/C18H17ClN2O5/c1-11-8-14(6-7-15(11)19)26-10-16(22)20-21-17(23)12-4-3-5-13(9-12)18(24)25-2/h3-9H,10H2,1-2H3,(H,20,22)(H,21,23). The Morgan fingerprint density at radius 3 is 2.46 bits per heavy atom. The van der Waals surface area contributed by atoms with E-state index in [9.17, 15) is 14.4 Å². The van der Waals surface area contributed by atoms with Crippen molar-refractivity contribution < 1.29 is 23.9 Å². The molecule has 26 heavy (non-hydrogen) atoms. The van der Waals surface area contributed by atoms with Crippen molar-refractivity contribution in [3.8, 4) is 5.75 Å². The van der Waals surface area contributed by atoms with Gasteiger partial charge in [-0.3, -0.25) is 20.4 Å². The summed E-state index contributed by atoms with van der Waals surface area (Å²) in [5, 5.41) is 0.600. The van der Waals surface area contributed by atoms with Gasteiger partial charge in [0.15, 0.2) is 6.61 Å². The minimum Gasteiger partial charge on any atom is -0.484 e. The second kappa shape index (κ2) is 8.87. The zero-order valence-electron chi connectivity index (χ0n) is 14.2. The fourth-order valence-electron chi connectivity index (χ4n) is 2.00. The van der Waals surface area contributed by atoms with Crippen molar-refractivity contribution in [2.75, 3.05) is 13.7 Å². The first-order valence-electron chi connectivity index (χ1n) is 7.57. The summed E-state index contributed by atoms with van der Waals surface area (Å²) in [5.74, 6) is -1.20. The maximum absolute atomic E-state index is 12.0. The molecule has 0 spiro atoms. The van der Waals surface area contributed by atoms with Gasteiger partial charge in [0.25, 0.3) is 11.8 Å². The maximum atomic E-state index is 12.0. The highest BCUT2D eigenvalue weighted by Gasteiger charge is 2.11. The molecular formula is C18H17ClN2O5. The van der Waals surface area contributed by atoms with Crippen molar-refractivity contribution in [2.45, 2.75) is 6.92 Å². The molecule has 0 bridgehead atoms. The third-order valence-corrected chi connectivity index (χ3v) is 3.78. The number of aryl methyl sites for hydroxylation is 1. The van der Waals surface area contributed by atoms with Gasteiger partial charge in [-0.2, -0.15) is 0 Å². The average Bonchev–Trinajstić information content (AvgIpc) is 2.66. The van der Waals surface area contributed by atoms with E-state index < -0.39 is 17.8 Å². The normalized spacial score (nSPS) is 9.96. The zero-order valence-corrected chi connectivity index (χ0v) is 14.9. The molecule has 0 radical (unpaired) electrons. The molecule has 2 amide bonds. The lowest BCUT2D eigenvalue weighted by Crippen LogP contribution is -2.43. The number of amides is 2. The number of nitrogens with one attached hydrogen (secondary N) is 2. The largest absolute Gasteiger partial charge is 0.484 e. The van der Waals surface area contributed by atoms with Gasteiger partial charge in [0.05, 0.1) is 12.7 Å². The first kappa shape index (κ1) is 19.3. The monoisotopic (exact) mass is 376 g/mol. The molecule has 2 N–H and O–H groups in total. The molecular weight excluding hydrogens is 360 g/mol. The van der Waals surface area contributed by atoms with Crippen molar-refractivity contribution in [2.24, 2.45) is 0 Å². The Labute approximate surface area is 155 Å². The van der Waals surface area contributed by atoms with Crippen LogP contribution in [-0.2, 0) is 9.53 Å². The molecule has 0 aliphatic heterocycles. The van der Waals surface area contributed by atoms with Crippen LogP contribution in [0.25, 0.3) is 0 Å². The second-order valence-corrected chi connectivity index (χ2v) is 5.68. The van der Waals surface area contributed by atoms with Crippen molar-refractivity contribution in [3.63, 3.8) is 0 Å². The Bertz CT molecular complexity index is 838. The van der Waals surface area contributed by atoms with E-state index in [2.05, 4.69) is 15.6 Å². The lowest BCUT2D eigenvalue weighted by molar-refractivity contribution is -0.123. The van der Waals surface area contributed by atoms with Crippen LogP contribution in [0.15, 0.2) is 42.5 Å². The number of hydrazine groups is 1. The molecule has 0 saturated carbocycles. The SMILES string of the molecule is COC(=O)c1cccc(C(=O)NNC(=O)COc2ccc(Cl)c(C)c2)c1. The highest BCUT2D eigenvalue weighted by Crippen LogP contribution is 2.20. The van der Waals surface area contributed by atoms with Crippen molar-refractivity contribution in [1.82, 2.24) is 10.9 Å². The van der Waals surface area contributed by atoms with E-state index in [1.165, 1.54) is 31.4 Å². The summed E-state index contributed by atoms with van der Waals surface area (Å²) in [7, 11) is 1.25. The first-order chi connectivity index (χ1) is 12.4. The molecule has 2 aromatic rings. The summed E-state index contributed by atoms with van der Waals surface area (Å²) in [4.78, 5) is 35.3. The van der Waals surface area contributed by atoms with Crippen LogP contribution in [0.1, 0.15) is 26.3 Å². The number of hydrogen-bond donors (Lipinski definition) is 2. The van der Waals surface area contributed by atoms with Gasteiger partial charge in [-0.25, -0.2) is 4.79 Å². The van der Waals surface area contributed by atoms with Gasteiger partial charge >= 0.3 is 5.97 Å². The summed E-state index contributed by atoms with van der Waals surface area (Å²) in [5.41, 5.74) is 5.73. The number of benzene rings is 2. The third kappa shape index (κ3) is 5.22. The maximum Gasteiger partial charge on any atom is 0.337 e. The Morgan fingerprint density at radius 2 is 1.77 bits per heavy atom. The quantitative estimate of drug-likeness (QED) is 0.616. The molecule has 0 saturated heterocycles. The van der Waals surface area contributed by atoms with Gasteiger partial charge in [-0.1, -0.05) is 17.7 Å². The number of rotatable bonds is 5. The number of methoxy groups -OCH3 is 1. The van der Waals surface area contributed by atoms with Crippen molar-refractivity contribution >= 4 is 29.4 Å². The van der Waals surface area contributed by atoms with E-state index in [1.54, 1.807) is 18.2 Å². The van der Waals surface area contributed by atoms with Crippen LogP contribution in [0.2, 0.25) is 5.02 Å². The van der Waals surface area contributed by atoms with Gasteiger partial charge in [-0.05, 0) is 48.9 Å². The number of hydrogen-bond acceptors (Lipinski definition) is 5. The minimum atomic E-state index is -0.577. The van der Waals surface area contributed by atoms with Crippen molar-refractivity contribution in [3.05, 3.63) is 64.2 Å². The second-order valence-electron chi connectivity index (χ2n) is 5.27. The molecule has 0 unspecified atom stereocenters. The number of ether oxygens (including phenoxy) is 2. The number of carbonyl (C=O) groups excluding carboxylic acids is 3. The van der Waals surface area contributed by atoms with Gasteiger partial charge < -0.3 is 9.47 Å². The Kier molecular flexibility index (Phi) is 6.57. The van der Waals surface area contributed by atoms with Crippen LogP contribution in [0, 0.1) is 6.92 Å². The first-order valence-corrected chi connectivity index (χ1v) is 7.95. The van der Waals surface area contributed by atoms with Crippen LogP contribution in [0.3, 0.4) is 0 Å². The Hall–Kier alpha value is -3.06. The van der Waals surface area contributed by atoms with Crippen LogP contribution in [-0.4, -0.2) is 31.5 Å². The van der Waals surface area contributed by atoms with E-state index in [1.807, 2.05) is 6.92 Å². The van der Waals surface area contributed by atoms with E-state index >= 15 is 0 Å². The molecule has 2 rings (SSSR count). The lowest BCUT2D eigenvalue weighted by Gasteiger charge is -2.10. The van der Waals surface area contributed by atoms with E-state index in [4.69, 9.17) is 16.3 Å². The fourth-order valence-corrected chi connectivity index (χ4v) is 2.11. The predicted octanol–water partition coefficient (Wildman–Crippen LogP) is 2.28. The van der Waals surface area contributed by atoms with E-state index in [-0.39, 0.29) is 17.7 Å². The molecule has 0 heterocycles. The molecule has 0 aliphatic rings. The smallest absolute Gasteiger partial charge is 0.337 e. The zero-order chi connectivity index (χ0) is 19.1. The number of carbonyl (C=O) groups is 3. The van der Waals surface area contributed by atoms with Crippen LogP contribution >= 0.6 is 11.6 Å². The van der Waals surface area contributed by atoms with E-state index in [0.717, 1.165) is 5.56 Å². The van der Waals surface area contributed by atoms with Crippen LogP contribution in [0.5, 0.6) is 5.75 Å². The van der Waals surface area contributed by atoms with Gasteiger partial charge in [-0.15, -0.1) is 0 Å². The Balaban J connectivity index is 1.85. The molecule has 0 aliphatic carbocycles. The number of halogens is 1. The third-order valence-electron chi connectivity index (χ3n) is 3.36. The van der Waals surface area contributed by atoms with Crippen molar-refractivity contribution in [1.29, 1.82) is 0 Å². The summed E-state index contributed by atoms with van der Waals surface area (Å²) >= 11 is 5.91. The van der Waals surface area contributed by atoms with Gasteiger partial charge in [0, 0.05) is 10.6 Å². The molecule has 136 valence electrons. The molecule has 0 aromatic heterocycles. The average molecular weight is 377 g/mol. The fraction of sp³-hybridized carbons (Fsp3) is 0.167. The molecule has 0 fully saturated rings. The van der Waals surface area contributed by atoms with Crippen LogP contribution < -0.4 is 15.6 Å². The molecule has 7 nitrogen and oxygen atoms in total. The molecule has 2 aromatic carbocycles. The Morgan fingerprint density at radius 1 is 1.04 bits per heavy atom. The summed E-state index contributed by atoms with van der Waals surface area (Å²) < 4.78 is 9.92. The van der Waals surface area contributed by atoms with Crippen LogP contribution in [0.4, 0.5) is 0 Å². The topological polar surface area (TPSA) is 93.7 Å². The summed E-state index contributed by atoms with van der Waals surface area (Å²) in [6.45, 7) is 1.53. The summed E-state index contributed by atoms with van der Waals surface area (Å²) in [6, 6.07) is 10.9. The van der Waals surface area contributed by atoms with E-state index in [0.29, 0.717) is 10.8 Å². The highest BCUT2D eigenvalue weighted by atomic mass is 35.5. The minimum absolute atomic E-state index is 0.197.